The molecule has 5 aromatic rings. The first-order valence-corrected chi connectivity index (χ1v) is 9.93. The summed E-state index contributed by atoms with van der Waals surface area (Å²) < 4.78 is 2.29. The summed E-state index contributed by atoms with van der Waals surface area (Å²) in [4.78, 5) is 0. The predicted molar refractivity (Wildman–Crippen MR) is 119 cm³/mol. The minimum absolute atomic E-state index is 0.473. The molecule has 1 aromatic heterocycles. The van der Waals surface area contributed by atoms with Gasteiger partial charge in [-0.2, -0.15) is 0 Å². The standard InChI is InChI=1S/C27H21N/c1-17-20-7-3-4-8-22(20)24-15-18(11-13-21(17)24)19-12-14-27-25(16-19)23-9-5-6-10-26(23)28(27)2/h3-17H,1-2H3. The Hall–Kier alpha value is -3.32. The van der Waals surface area contributed by atoms with Crippen molar-refractivity contribution in [1.82, 2.24) is 4.57 Å². The molecule has 1 heterocycles. The van der Waals surface area contributed by atoms with Gasteiger partial charge in [-0.25, -0.2) is 0 Å². The zero-order valence-corrected chi connectivity index (χ0v) is 16.1. The van der Waals surface area contributed by atoms with Crippen molar-refractivity contribution < 1.29 is 0 Å². The summed E-state index contributed by atoms with van der Waals surface area (Å²) in [7, 11) is 2.15. The number of hydrogen-bond acceptors (Lipinski definition) is 0. The summed E-state index contributed by atoms with van der Waals surface area (Å²) in [6.07, 6.45) is 0. The summed E-state index contributed by atoms with van der Waals surface area (Å²) in [5.74, 6) is 0.473. The van der Waals surface area contributed by atoms with Gasteiger partial charge in [0.2, 0.25) is 0 Å². The molecule has 0 N–H and O–H groups in total. The second-order valence-electron chi connectivity index (χ2n) is 7.92. The minimum Gasteiger partial charge on any atom is -0.344 e. The molecule has 134 valence electrons. The Balaban J connectivity index is 1.57. The van der Waals surface area contributed by atoms with Crippen molar-refractivity contribution in [3.8, 4) is 22.3 Å². The maximum absolute atomic E-state index is 2.38. The molecule has 0 aliphatic heterocycles. The van der Waals surface area contributed by atoms with Crippen LogP contribution in [-0.2, 0) is 7.05 Å². The highest BCUT2D eigenvalue weighted by atomic mass is 14.9. The lowest BCUT2D eigenvalue weighted by molar-refractivity contribution is 0.957. The van der Waals surface area contributed by atoms with Crippen LogP contribution in [0, 0.1) is 0 Å². The third-order valence-electron chi connectivity index (χ3n) is 6.48. The van der Waals surface area contributed by atoms with Crippen LogP contribution >= 0.6 is 0 Å². The molecule has 0 fully saturated rings. The van der Waals surface area contributed by atoms with Crippen molar-refractivity contribution in [2.45, 2.75) is 12.8 Å². The van der Waals surface area contributed by atoms with Crippen molar-refractivity contribution in [3.05, 3.63) is 96.1 Å². The Morgan fingerprint density at radius 1 is 0.607 bits per heavy atom. The number of fused-ring (bicyclic) bond motifs is 6. The van der Waals surface area contributed by atoms with Crippen LogP contribution in [0.4, 0.5) is 0 Å². The summed E-state index contributed by atoms with van der Waals surface area (Å²) in [5, 5.41) is 2.65. The number of benzene rings is 4. The van der Waals surface area contributed by atoms with Gasteiger partial charge in [-0.3, -0.25) is 0 Å². The monoisotopic (exact) mass is 359 g/mol. The second kappa shape index (κ2) is 5.59. The van der Waals surface area contributed by atoms with Gasteiger partial charge in [0.25, 0.3) is 0 Å². The summed E-state index contributed by atoms with van der Waals surface area (Å²) >= 11 is 0. The average molecular weight is 359 g/mol. The third-order valence-corrected chi connectivity index (χ3v) is 6.48. The van der Waals surface area contributed by atoms with Crippen LogP contribution in [0.3, 0.4) is 0 Å². The number of aromatic nitrogens is 1. The first-order valence-electron chi connectivity index (χ1n) is 9.93. The van der Waals surface area contributed by atoms with Gasteiger partial charge in [0.05, 0.1) is 0 Å². The molecule has 6 rings (SSSR count). The topological polar surface area (TPSA) is 4.93 Å². The summed E-state index contributed by atoms with van der Waals surface area (Å²) in [5.41, 5.74) is 10.8. The van der Waals surface area contributed by atoms with Crippen molar-refractivity contribution in [1.29, 1.82) is 0 Å². The van der Waals surface area contributed by atoms with Crippen molar-refractivity contribution >= 4 is 21.8 Å². The van der Waals surface area contributed by atoms with Crippen molar-refractivity contribution in [2.24, 2.45) is 7.05 Å². The lowest BCUT2D eigenvalue weighted by atomic mass is 9.95. The zero-order chi connectivity index (χ0) is 18.8. The van der Waals surface area contributed by atoms with Crippen LogP contribution in [0.2, 0.25) is 0 Å². The first kappa shape index (κ1) is 15.7. The molecule has 0 amide bonds. The SMILES string of the molecule is CC1c2ccccc2-c2cc(-c3ccc4c(c3)c3ccccc3n4C)ccc21. The Bertz CT molecular complexity index is 1390. The van der Waals surface area contributed by atoms with Gasteiger partial charge in [-0.1, -0.05) is 67.6 Å². The first-order chi connectivity index (χ1) is 13.7. The maximum Gasteiger partial charge on any atom is 0.0489 e. The van der Waals surface area contributed by atoms with Gasteiger partial charge in [0, 0.05) is 34.8 Å². The molecule has 1 aliphatic rings. The number of hydrogen-bond donors (Lipinski definition) is 0. The van der Waals surface area contributed by atoms with E-state index in [2.05, 4.69) is 103 Å². The smallest absolute Gasteiger partial charge is 0.0489 e. The molecule has 28 heavy (non-hydrogen) atoms. The van der Waals surface area contributed by atoms with E-state index < -0.39 is 0 Å². The Morgan fingerprint density at radius 3 is 2.21 bits per heavy atom. The van der Waals surface area contributed by atoms with E-state index in [-0.39, 0.29) is 0 Å². The molecular formula is C27H21N. The van der Waals surface area contributed by atoms with E-state index >= 15 is 0 Å². The van der Waals surface area contributed by atoms with Gasteiger partial charge in [-0.15, -0.1) is 0 Å². The maximum atomic E-state index is 2.38. The molecule has 1 heteroatoms. The highest BCUT2D eigenvalue weighted by molar-refractivity contribution is 6.09. The van der Waals surface area contributed by atoms with Crippen LogP contribution in [0.1, 0.15) is 24.0 Å². The molecule has 4 aromatic carbocycles. The fourth-order valence-electron chi connectivity index (χ4n) is 4.98. The molecule has 1 unspecified atom stereocenters. The van der Waals surface area contributed by atoms with Gasteiger partial charge in [-0.05, 0) is 57.6 Å². The van der Waals surface area contributed by atoms with E-state index in [4.69, 9.17) is 0 Å². The second-order valence-corrected chi connectivity index (χ2v) is 7.92. The Morgan fingerprint density at radius 2 is 1.29 bits per heavy atom. The molecular weight excluding hydrogens is 338 g/mol. The highest BCUT2D eigenvalue weighted by Crippen LogP contribution is 2.46. The predicted octanol–water partition coefficient (Wildman–Crippen LogP) is 7.13. The van der Waals surface area contributed by atoms with Crippen LogP contribution in [0.15, 0.2) is 84.9 Å². The molecule has 1 aliphatic carbocycles. The summed E-state index contributed by atoms with van der Waals surface area (Å²) in [6, 6.07) is 31.3. The van der Waals surface area contributed by atoms with Crippen LogP contribution in [-0.4, -0.2) is 4.57 Å². The van der Waals surface area contributed by atoms with E-state index in [1.165, 1.54) is 55.2 Å². The molecule has 0 saturated heterocycles. The molecule has 0 bridgehead atoms. The van der Waals surface area contributed by atoms with E-state index in [1.54, 1.807) is 0 Å². The van der Waals surface area contributed by atoms with E-state index in [0.29, 0.717) is 5.92 Å². The normalized spacial score (nSPS) is 15.1. The molecule has 0 saturated carbocycles. The molecule has 0 radical (unpaired) electrons. The van der Waals surface area contributed by atoms with Crippen LogP contribution in [0.5, 0.6) is 0 Å². The van der Waals surface area contributed by atoms with E-state index in [9.17, 15) is 0 Å². The lowest BCUT2D eigenvalue weighted by Crippen LogP contribution is -1.89. The fourth-order valence-corrected chi connectivity index (χ4v) is 4.98. The zero-order valence-electron chi connectivity index (χ0n) is 16.1. The summed E-state index contributed by atoms with van der Waals surface area (Å²) in [6.45, 7) is 2.31. The molecule has 1 atom stereocenters. The lowest BCUT2D eigenvalue weighted by Gasteiger charge is -2.09. The largest absolute Gasteiger partial charge is 0.344 e. The van der Waals surface area contributed by atoms with Gasteiger partial charge >= 0.3 is 0 Å². The Kier molecular flexibility index (Phi) is 3.14. The minimum atomic E-state index is 0.473. The quantitative estimate of drug-likeness (QED) is 0.300. The van der Waals surface area contributed by atoms with Gasteiger partial charge in [0.15, 0.2) is 0 Å². The molecule has 1 nitrogen and oxygen atoms in total. The fraction of sp³-hybridized carbons (Fsp3) is 0.111. The van der Waals surface area contributed by atoms with Crippen LogP contribution in [0.25, 0.3) is 44.1 Å². The van der Waals surface area contributed by atoms with Crippen molar-refractivity contribution in [3.63, 3.8) is 0 Å². The number of para-hydroxylation sites is 1. The number of aryl methyl sites for hydroxylation is 1. The van der Waals surface area contributed by atoms with E-state index in [0.717, 1.165) is 0 Å². The van der Waals surface area contributed by atoms with Gasteiger partial charge < -0.3 is 4.57 Å². The van der Waals surface area contributed by atoms with Crippen molar-refractivity contribution in [2.75, 3.05) is 0 Å². The number of rotatable bonds is 1. The van der Waals surface area contributed by atoms with E-state index in [1.807, 2.05) is 0 Å². The van der Waals surface area contributed by atoms with Gasteiger partial charge in [0.1, 0.15) is 0 Å². The third kappa shape index (κ3) is 2.02. The Labute approximate surface area is 164 Å². The number of nitrogens with zero attached hydrogens (tertiary/aromatic N) is 1. The average Bonchev–Trinajstić information content (AvgIpc) is 3.20. The molecule has 0 spiro atoms. The highest BCUT2D eigenvalue weighted by Gasteiger charge is 2.25. The van der Waals surface area contributed by atoms with Crippen LogP contribution < -0.4 is 0 Å².